The minimum atomic E-state index is -3.79. The molecule has 0 atom stereocenters. The molecular weight excluding hydrogens is 338 g/mol. The van der Waals surface area contributed by atoms with Gasteiger partial charge in [-0.05, 0) is 28.1 Å². The fourth-order valence-electron chi connectivity index (χ4n) is 1.26. The SMILES string of the molecule is N#Cc1ccccc1S(=O)(=O)Nc1ncc(Br)s1. The Labute approximate surface area is 116 Å². The van der Waals surface area contributed by atoms with Crippen molar-refractivity contribution in [2.24, 2.45) is 0 Å². The van der Waals surface area contributed by atoms with Crippen molar-refractivity contribution in [3.05, 3.63) is 39.8 Å². The molecule has 0 aliphatic rings. The summed E-state index contributed by atoms with van der Waals surface area (Å²) >= 11 is 4.35. The van der Waals surface area contributed by atoms with E-state index in [0.29, 0.717) is 3.79 Å². The van der Waals surface area contributed by atoms with E-state index in [9.17, 15) is 8.42 Å². The highest BCUT2D eigenvalue weighted by atomic mass is 79.9. The van der Waals surface area contributed by atoms with Crippen molar-refractivity contribution in [1.29, 1.82) is 5.26 Å². The van der Waals surface area contributed by atoms with Gasteiger partial charge in [-0.1, -0.05) is 23.5 Å². The van der Waals surface area contributed by atoms with Crippen molar-refractivity contribution in [2.75, 3.05) is 4.72 Å². The van der Waals surface area contributed by atoms with Crippen molar-refractivity contribution in [1.82, 2.24) is 4.98 Å². The second-order valence-corrected chi connectivity index (χ2v) is 7.24. The van der Waals surface area contributed by atoms with Gasteiger partial charge >= 0.3 is 0 Å². The first-order chi connectivity index (χ1) is 8.53. The molecule has 0 saturated carbocycles. The smallest absolute Gasteiger partial charge is 0.255 e. The lowest BCUT2D eigenvalue weighted by Gasteiger charge is -2.06. The molecule has 0 amide bonds. The van der Waals surface area contributed by atoms with Crippen LogP contribution in [0.25, 0.3) is 0 Å². The summed E-state index contributed by atoms with van der Waals surface area (Å²) in [5.41, 5.74) is 0.0978. The van der Waals surface area contributed by atoms with Gasteiger partial charge in [-0.25, -0.2) is 13.4 Å². The number of nitrogens with one attached hydrogen (secondary N) is 1. The number of sulfonamides is 1. The van der Waals surface area contributed by atoms with Crippen LogP contribution in [0.2, 0.25) is 0 Å². The number of thiazole rings is 1. The summed E-state index contributed by atoms with van der Waals surface area (Å²) in [6.07, 6.45) is 1.50. The van der Waals surface area contributed by atoms with Crippen LogP contribution in [0, 0.1) is 11.3 Å². The average molecular weight is 344 g/mol. The minimum absolute atomic E-state index is 0.0566. The van der Waals surface area contributed by atoms with Gasteiger partial charge in [0.15, 0.2) is 5.13 Å². The van der Waals surface area contributed by atoms with Gasteiger partial charge in [-0.3, -0.25) is 4.72 Å². The standard InChI is InChI=1S/C10H6BrN3O2S2/c11-9-6-13-10(17-9)14-18(15,16)8-4-2-1-3-7(8)5-12/h1-4,6H,(H,13,14). The number of aromatic nitrogens is 1. The van der Waals surface area contributed by atoms with E-state index in [0.717, 1.165) is 11.3 Å². The summed E-state index contributed by atoms with van der Waals surface area (Å²) in [4.78, 5) is 3.82. The Morgan fingerprint density at radius 3 is 2.72 bits per heavy atom. The summed E-state index contributed by atoms with van der Waals surface area (Å²) in [6, 6.07) is 7.85. The van der Waals surface area contributed by atoms with Crippen molar-refractivity contribution >= 4 is 42.4 Å². The summed E-state index contributed by atoms with van der Waals surface area (Å²) in [6.45, 7) is 0. The van der Waals surface area contributed by atoms with Crippen LogP contribution in [0.1, 0.15) is 5.56 Å². The van der Waals surface area contributed by atoms with Crippen molar-refractivity contribution in [3.8, 4) is 6.07 Å². The second-order valence-electron chi connectivity index (χ2n) is 3.18. The number of rotatable bonds is 3. The molecule has 2 rings (SSSR count). The zero-order valence-corrected chi connectivity index (χ0v) is 12.0. The van der Waals surface area contributed by atoms with E-state index in [1.165, 1.54) is 18.3 Å². The number of hydrogen-bond acceptors (Lipinski definition) is 5. The Bertz CT molecular complexity index is 719. The number of nitrogens with zero attached hydrogens (tertiary/aromatic N) is 2. The topological polar surface area (TPSA) is 82.8 Å². The Morgan fingerprint density at radius 1 is 1.39 bits per heavy atom. The lowest BCUT2D eigenvalue weighted by Crippen LogP contribution is -2.14. The van der Waals surface area contributed by atoms with Crippen LogP contribution < -0.4 is 4.72 Å². The van der Waals surface area contributed by atoms with Crippen LogP contribution in [-0.4, -0.2) is 13.4 Å². The Kier molecular flexibility index (Phi) is 3.65. The Balaban J connectivity index is 2.40. The molecule has 0 unspecified atom stereocenters. The molecule has 92 valence electrons. The lowest BCUT2D eigenvalue weighted by atomic mass is 10.2. The molecule has 2 aromatic rings. The van der Waals surface area contributed by atoms with Crippen LogP contribution in [0.3, 0.4) is 0 Å². The summed E-state index contributed by atoms with van der Waals surface area (Å²) in [7, 11) is -3.79. The largest absolute Gasteiger partial charge is 0.264 e. The zero-order chi connectivity index (χ0) is 13.2. The molecule has 1 N–H and O–H groups in total. The van der Waals surface area contributed by atoms with Crippen LogP contribution in [-0.2, 0) is 10.0 Å². The van der Waals surface area contributed by atoms with Gasteiger partial charge in [0.05, 0.1) is 15.5 Å². The Morgan fingerprint density at radius 2 is 2.11 bits per heavy atom. The molecule has 1 heterocycles. The molecule has 8 heteroatoms. The summed E-state index contributed by atoms with van der Waals surface area (Å²) in [5.74, 6) is 0. The van der Waals surface area contributed by atoms with Gasteiger partial charge in [-0.15, -0.1) is 0 Å². The third kappa shape index (κ3) is 2.69. The van der Waals surface area contributed by atoms with Gasteiger partial charge in [-0.2, -0.15) is 5.26 Å². The van der Waals surface area contributed by atoms with Gasteiger partial charge in [0.2, 0.25) is 0 Å². The molecule has 0 aliphatic heterocycles. The molecule has 1 aromatic heterocycles. The molecule has 5 nitrogen and oxygen atoms in total. The number of anilines is 1. The fraction of sp³-hybridized carbons (Fsp3) is 0. The van der Waals surface area contributed by atoms with Crippen molar-refractivity contribution < 1.29 is 8.42 Å². The van der Waals surface area contributed by atoms with Crippen molar-refractivity contribution in [3.63, 3.8) is 0 Å². The maximum atomic E-state index is 12.1. The Hall–Kier alpha value is -1.43. The molecule has 0 radical (unpaired) electrons. The lowest BCUT2D eigenvalue weighted by molar-refractivity contribution is 0.601. The molecule has 0 spiro atoms. The maximum Gasteiger partial charge on any atom is 0.264 e. The van der Waals surface area contributed by atoms with E-state index >= 15 is 0 Å². The van der Waals surface area contributed by atoms with Gasteiger partial charge in [0.25, 0.3) is 10.0 Å². The molecule has 1 aromatic carbocycles. The van der Waals surface area contributed by atoms with Crippen molar-refractivity contribution in [2.45, 2.75) is 4.90 Å². The molecule has 18 heavy (non-hydrogen) atoms. The fourth-order valence-corrected chi connectivity index (χ4v) is 3.77. The van der Waals surface area contributed by atoms with E-state index < -0.39 is 10.0 Å². The van der Waals surface area contributed by atoms with Gasteiger partial charge < -0.3 is 0 Å². The highest BCUT2D eigenvalue weighted by molar-refractivity contribution is 9.11. The quantitative estimate of drug-likeness (QED) is 0.928. The molecule has 0 fully saturated rings. The highest BCUT2D eigenvalue weighted by Gasteiger charge is 2.19. The van der Waals surface area contributed by atoms with E-state index in [1.54, 1.807) is 12.1 Å². The van der Waals surface area contributed by atoms with E-state index in [2.05, 4.69) is 25.6 Å². The van der Waals surface area contributed by atoms with Gasteiger partial charge in [0, 0.05) is 0 Å². The van der Waals surface area contributed by atoms with E-state index in [4.69, 9.17) is 5.26 Å². The zero-order valence-electron chi connectivity index (χ0n) is 8.79. The van der Waals surface area contributed by atoms with Crippen LogP contribution in [0.15, 0.2) is 39.1 Å². The number of halogens is 1. The molecule has 0 aliphatic carbocycles. The predicted molar refractivity (Wildman–Crippen MR) is 71.8 cm³/mol. The highest BCUT2D eigenvalue weighted by Crippen LogP contribution is 2.26. The third-order valence-corrected chi connectivity index (χ3v) is 4.91. The van der Waals surface area contributed by atoms with Crippen LogP contribution in [0.5, 0.6) is 0 Å². The van der Waals surface area contributed by atoms with Crippen LogP contribution in [0.4, 0.5) is 5.13 Å². The monoisotopic (exact) mass is 343 g/mol. The van der Waals surface area contributed by atoms with E-state index in [-0.39, 0.29) is 15.6 Å². The van der Waals surface area contributed by atoms with E-state index in [1.807, 2.05) is 6.07 Å². The average Bonchev–Trinajstić information content (AvgIpc) is 2.74. The predicted octanol–water partition coefficient (Wildman–Crippen LogP) is 2.58. The first-order valence-corrected chi connectivity index (χ1v) is 7.75. The number of benzene rings is 1. The number of hydrogen-bond donors (Lipinski definition) is 1. The summed E-state index contributed by atoms with van der Waals surface area (Å²) < 4.78 is 27.2. The normalized spacial score (nSPS) is 10.9. The molecule has 0 saturated heterocycles. The molecular formula is C10H6BrN3O2S2. The third-order valence-electron chi connectivity index (χ3n) is 2.00. The molecule has 0 bridgehead atoms. The second kappa shape index (κ2) is 5.06. The first-order valence-electron chi connectivity index (χ1n) is 4.66. The van der Waals surface area contributed by atoms with Crippen LogP contribution >= 0.6 is 27.3 Å². The summed E-state index contributed by atoms with van der Waals surface area (Å²) in [5, 5.41) is 9.13. The van der Waals surface area contributed by atoms with Gasteiger partial charge in [0.1, 0.15) is 11.0 Å². The minimum Gasteiger partial charge on any atom is -0.255 e. The maximum absolute atomic E-state index is 12.1. The first kappa shape index (κ1) is 13.0. The number of nitriles is 1.